The third kappa shape index (κ3) is 3.85. The van der Waals surface area contributed by atoms with Gasteiger partial charge >= 0.3 is 0 Å². The van der Waals surface area contributed by atoms with Crippen LogP contribution >= 0.6 is 0 Å². The number of rotatable bonds is 5. The average molecular weight is 292 g/mol. The third-order valence-electron chi connectivity index (χ3n) is 4.99. The Labute approximate surface area is 133 Å². The maximum Gasteiger partial charge on any atom is 0.162 e. The lowest BCUT2D eigenvalue weighted by atomic mass is 9.77. The zero-order valence-electron chi connectivity index (χ0n) is 13.1. The van der Waals surface area contributed by atoms with Crippen molar-refractivity contribution in [3.63, 3.8) is 0 Å². The molecule has 1 aliphatic carbocycles. The van der Waals surface area contributed by atoms with Crippen molar-refractivity contribution < 1.29 is 4.79 Å². The van der Waals surface area contributed by atoms with Crippen LogP contribution in [0.5, 0.6) is 0 Å². The van der Waals surface area contributed by atoms with E-state index in [1.54, 1.807) is 0 Å². The SMILES string of the molecule is O=C(CCC1CCC(c2ccccc2)CC1)c1ccccc1. The van der Waals surface area contributed by atoms with Crippen molar-refractivity contribution in [3.8, 4) is 0 Å². The van der Waals surface area contributed by atoms with Crippen molar-refractivity contribution in [2.75, 3.05) is 0 Å². The fourth-order valence-electron chi connectivity index (χ4n) is 3.61. The standard InChI is InChI=1S/C21H24O/c22-21(20-9-5-2-6-10-20)16-13-17-11-14-19(15-12-17)18-7-3-1-4-8-18/h1-10,17,19H,11-16H2. The zero-order valence-corrected chi connectivity index (χ0v) is 13.1. The molecule has 2 aromatic rings. The second-order valence-electron chi connectivity index (χ2n) is 6.46. The van der Waals surface area contributed by atoms with Crippen LogP contribution in [0.25, 0.3) is 0 Å². The van der Waals surface area contributed by atoms with Gasteiger partial charge in [-0.2, -0.15) is 0 Å². The second kappa shape index (κ2) is 7.40. The number of ketones is 1. The highest BCUT2D eigenvalue weighted by Crippen LogP contribution is 2.37. The summed E-state index contributed by atoms with van der Waals surface area (Å²) in [6.45, 7) is 0. The Balaban J connectivity index is 1.45. The lowest BCUT2D eigenvalue weighted by molar-refractivity contribution is 0.0969. The molecule has 0 unspecified atom stereocenters. The Morgan fingerprint density at radius 2 is 1.41 bits per heavy atom. The minimum atomic E-state index is 0.297. The van der Waals surface area contributed by atoms with E-state index in [0.717, 1.165) is 23.8 Å². The predicted octanol–water partition coefficient (Wildman–Crippen LogP) is 5.62. The molecule has 0 saturated heterocycles. The molecule has 0 aromatic heterocycles. The minimum absolute atomic E-state index is 0.297. The largest absolute Gasteiger partial charge is 0.294 e. The number of hydrogen-bond acceptors (Lipinski definition) is 1. The van der Waals surface area contributed by atoms with E-state index < -0.39 is 0 Å². The van der Waals surface area contributed by atoms with E-state index in [0.29, 0.717) is 12.2 Å². The topological polar surface area (TPSA) is 17.1 Å². The summed E-state index contributed by atoms with van der Waals surface area (Å²) in [4.78, 5) is 12.2. The molecule has 0 radical (unpaired) electrons. The number of hydrogen-bond donors (Lipinski definition) is 0. The van der Waals surface area contributed by atoms with Crippen LogP contribution in [-0.2, 0) is 0 Å². The molecule has 2 aromatic carbocycles. The molecule has 1 aliphatic rings. The van der Waals surface area contributed by atoms with E-state index in [9.17, 15) is 4.79 Å². The Hall–Kier alpha value is -1.89. The van der Waals surface area contributed by atoms with Crippen LogP contribution in [0.15, 0.2) is 60.7 Å². The Kier molecular flexibility index (Phi) is 5.05. The molecule has 0 bridgehead atoms. The Bertz CT molecular complexity index is 580. The molecule has 3 rings (SSSR count). The van der Waals surface area contributed by atoms with Gasteiger partial charge in [-0.05, 0) is 49.5 Å². The molecule has 0 amide bonds. The van der Waals surface area contributed by atoms with Crippen molar-refractivity contribution in [2.24, 2.45) is 5.92 Å². The summed E-state index contributed by atoms with van der Waals surface area (Å²) in [5.74, 6) is 1.75. The van der Waals surface area contributed by atoms with Crippen LogP contribution in [0, 0.1) is 5.92 Å². The van der Waals surface area contributed by atoms with Gasteiger partial charge in [-0.3, -0.25) is 4.79 Å². The van der Waals surface area contributed by atoms with Gasteiger partial charge in [0, 0.05) is 12.0 Å². The summed E-state index contributed by atoms with van der Waals surface area (Å²) in [6, 6.07) is 20.6. The lowest BCUT2D eigenvalue weighted by Crippen LogP contribution is -2.14. The normalized spacial score (nSPS) is 21.5. The van der Waals surface area contributed by atoms with Gasteiger partial charge in [-0.15, -0.1) is 0 Å². The van der Waals surface area contributed by atoms with E-state index >= 15 is 0 Å². The van der Waals surface area contributed by atoms with E-state index in [2.05, 4.69) is 30.3 Å². The molecular formula is C21H24O. The van der Waals surface area contributed by atoms with Gasteiger partial charge in [-0.1, -0.05) is 60.7 Å². The molecule has 0 atom stereocenters. The number of Topliss-reactive ketones (excluding diaryl/α,β-unsaturated/α-hetero) is 1. The Morgan fingerprint density at radius 3 is 2.05 bits per heavy atom. The fourth-order valence-corrected chi connectivity index (χ4v) is 3.61. The average Bonchev–Trinajstić information content (AvgIpc) is 2.61. The van der Waals surface area contributed by atoms with Gasteiger partial charge in [0.1, 0.15) is 0 Å². The van der Waals surface area contributed by atoms with Gasteiger partial charge in [0.2, 0.25) is 0 Å². The first-order valence-corrected chi connectivity index (χ1v) is 8.46. The molecule has 0 spiro atoms. The van der Waals surface area contributed by atoms with Crippen LogP contribution in [0.4, 0.5) is 0 Å². The molecule has 0 N–H and O–H groups in total. The summed E-state index contributed by atoms with van der Waals surface area (Å²) in [6.07, 6.45) is 6.82. The molecule has 22 heavy (non-hydrogen) atoms. The second-order valence-corrected chi connectivity index (χ2v) is 6.46. The fraction of sp³-hybridized carbons (Fsp3) is 0.381. The number of benzene rings is 2. The van der Waals surface area contributed by atoms with Crippen molar-refractivity contribution in [3.05, 3.63) is 71.8 Å². The smallest absolute Gasteiger partial charge is 0.162 e. The third-order valence-corrected chi connectivity index (χ3v) is 4.99. The van der Waals surface area contributed by atoms with Gasteiger partial charge in [-0.25, -0.2) is 0 Å². The van der Waals surface area contributed by atoms with Crippen LogP contribution in [0.1, 0.15) is 60.4 Å². The van der Waals surface area contributed by atoms with Crippen molar-refractivity contribution >= 4 is 5.78 Å². The maximum absolute atomic E-state index is 12.2. The van der Waals surface area contributed by atoms with Crippen LogP contribution in [0.3, 0.4) is 0 Å². The predicted molar refractivity (Wildman–Crippen MR) is 91.1 cm³/mol. The summed E-state index contributed by atoms with van der Waals surface area (Å²) >= 11 is 0. The zero-order chi connectivity index (χ0) is 15.2. The first kappa shape index (κ1) is 15.0. The highest BCUT2D eigenvalue weighted by molar-refractivity contribution is 5.95. The molecule has 1 heteroatoms. The van der Waals surface area contributed by atoms with E-state index in [1.165, 1.54) is 31.2 Å². The highest BCUT2D eigenvalue weighted by Gasteiger charge is 2.22. The Morgan fingerprint density at radius 1 is 0.818 bits per heavy atom. The van der Waals surface area contributed by atoms with Gasteiger partial charge in [0.15, 0.2) is 5.78 Å². The van der Waals surface area contributed by atoms with E-state index in [-0.39, 0.29) is 0 Å². The maximum atomic E-state index is 12.2. The molecule has 0 aliphatic heterocycles. The summed E-state index contributed by atoms with van der Waals surface area (Å²) in [5, 5.41) is 0. The molecule has 1 nitrogen and oxygen atoms in total. The van der Waals surface area contributed by atoms with E-state index in [4.69, 9.17) is 0 Å². The van der Waals surface area contributed by atoms with Gasteiger partial charge in [0.05, 0.1) is 0 Å². The van der Waals surface area contributed by atoms with Gasteiger partial charge in [0.25, 0.3) is 0 Å². The first-order chi connectivity index (χ1) is 10.8. The molecule has 1 saturated carbocycles. The summed E-state index contributed by atoms with van der Waals surface area (Å²) < 4.78 is 0. The van der Waals surface area contributed by atoms with Crippen molar-refractivity contribution in [2.45, 2.75) is 44.4 Å². The number of carbonyl (C=O) groups excluding carboxylic acids is 1. The first-order valence-electron chi connectivity index (χ1n) is 8.46. The molecule has 114 valence electrons. The molecule has 0 heterocycles. The van der Waals surface area contributed by atoms with Crippen LogP contribution in [0.2, 0.25) is 0 Å². The van der Waals surface area contributed by atoms with Crippen molar-refractivity contribution in [1.82, 2.24) is 0 Å². The van der Waals surface area contributed by atoms with Gasteiger partial charge < -0.3 is 0 Å². The minimum Gasteiger partial charge on any atom is -0.294 e. The summed E-state index contributed by atoms with van der Waals surface area (Å²) in [5.41, 5.74) is 2.35. The molecule has 1 fully saturated rings. The van der Waals surface area contributed by atoms with Crippen LogP contribution in [-0.4, -0.2) is 5.78 Å². The molecular weight excluding hydrogens is 268 g/mol. The van der Waals surface area contributed by atoms with Crippen molar-refractivity contribution in [1.29, 1.82) is 0 Å². The lowest BCUT2D eigenvalue weighted by Gasteiger charge is -2.28. The monoisotopic (exact) mass is 292 g/mol. The summed E-state index contributed by atoms with van der Waals surface area (Å²) in [7, 11) is 0. The number of carbonyl (C=O) groups is 1. The van der Waals surface area contributed by atoms with Crippen LogP contribution < -0.4 is 0 Å². The van der Waals surface area contributed by atoms with E-state index in [1.807, 2.05) is 30.3 Å². The highest BCUT2D eigenvalue weighted by atomic mass is 16.1. The quantitative estimate of drug-likeness (QED) is 0.653.